The number of para-hydroxylation sites is 1. The van der Waals surface area contributed by atoms with Crippen molar-refractivity contribution < 1.29 is 9.47 Å². The lowest BCUT2D eigenvalue weighted by Gasteiger charge is -2.10. The summed E-state index contributed by atoms with van der Waals surface area (Å²) >= 11 is 1.64. The molecule has 0 amide bonds. The van der Waals surface area contributed by atoms with Crippen LogP contribution in [0.1, 0.15) is 11.1 Å². The number of aromatic nitrogens is 3. The molecule has 0 N–H and O–H groups in total. The third-order valence-electron chi connectivity index (χ3n) is 3.98. The first-order valence-corrected chi connectivity index (χ1v) is 8.91. The number of methoxy groups -OCH3 is 2. The molecule has 3 rings (SSSR count). The highest BCUT2D eigenvalue weighted by Crippen LogP contribution is 2.32. The number of benzene rings is 2. The van der Waals surface area contributed by atoms with E-state index in [9.17, 15) is 0 Å². The highest BCUT2D eigenvalue weighted by Gasteiger charge is 2.15. The summed E-state index contributed by atoms with van der Waals surface area (Å²) in [6, 6.07) is 14.0. The Hall–Kier alpha value is -2.47. The topological polar surface area (TPSA) is 49.2 Å². The maximum atomic E-state index is 5.45. The molecule has 1 aromatic heterocycles. The molecule has 0 aliphatic rings. The Morgan fingerprint density at radius 1 is 1.00 bits per heavy atom. The number of hydrogen-bond acceptors (Lipinski definition) is 5. The number of thioether (sulfide) groups is 1. The van der Waals surface area contributed by atoms with Crippen LogP contribution < -0.4 is 9.47 Å². The molecule has 25 heavy (non-hydrogen) atoms. The van der Waals surface area contributed by atoms with Crippen LogP contribution in [0.2, 0.25) is 0 Å². The zero-order valence-corrected chi connectivity index (χ0v) is 15.6. The Morgan fingerprint density at radius 2 is 1.76 bits per heavy atom. The van der Waals surface area contributed by atoms with Gasteiger partial charge in [0.25, 0.3) is 0 Å². The molecular weight excluding hydrogens is 334 g/mol. The third kappa shape index (κ3) is 3.64. The van der Waals surface area contributed by atoms with Gasteiger partial charge < -0.3 is 14.0 Å². The van der Waals surface area contributed by atoms with Gasteiger partial charge in [0.1, 0.15) is 11.5 Å². The molecule has 0 bridgehead atoms. The average molecular weight is 355 g/mol. The summed E-state index contributed by atoms with van der Waals surface area (Å²) in [4.78, 5) is 0. The number of ether oxygens (including phenoxy) is 2. The van der Waals surface area contributed by atoms with Crippen LogP contribution in [0.15, 0.2) is 47.6 Å². The standard InChI is InChI=1S/C19H21N3O2S/c1-13-9-10-16(23-3)14(11-13)12-25-19-21-20-18(22(19)2)15-7-5-6-8-17(15)24-4/h5-11H,12H2,1-4H3. The first-order chi connectivity index (χ1) is 12.1. The van der Waals surface area contributed by atoms with E-state index in [0.717, 1.165) is 39.4 Å². The van der Waals surface area contributed by atoms with E-state index in [0.29, 0.717) is 0 Å². The molecule has 1 heterocycles. The van der Waals surface area contributed by atoms with Gasteiger partial charge in [0, 0.05) is 18.4 Å². The van der Waals surface area contributed by atoms with Crippen molar-refractivity contribution in [3.8, 4) is 22.9 Å². The molecule has 6 heteroatoms. The maximum absolute atomic E-state index is 5.45. The van der Waals surface area contributed by atoms with Crippen molar-refractivity contribution in [1.29, 1.82) is 0 Å². The van der Waals surface area contributed by atoms with Gasteiger partial charge in [0.05, 0.1) is 19.8 Å². The summed E-state index contributed by atoms with van der Waals surface area (Å²) in [6.45, 7) is 2.08. The molecule has 2 aromatic carbocycles. The van der Waals surface area contributed by atoms with Crippen molar-refractivity contribution in [2.24, 2.45) is 7.05 Å². The predicted octanol–water partition coefficient (Wildman–Crippen LogP) is 4.10. The number of rotatable bonds is 6. The summed E-state index contributed by atoms with van der Waals surface area (Å²) in [5.41, 5.74) is 3.29. The molecule has 5 nitrogen and oxygen atoms in total. The van der Waals surface area contributed by atoms with Gasteiger partial charge in [-0.15, -0.1) is 10.2 Å². The van der Waals surface area contributed by atoms with E-state index in [-0.39, 0.29) is 0 Å². The first-order valence-electron chi connectivity index (χ1n) is 7.93. The quantitative estimate of drug-likeness (QED) is 0.623. The lowest BCUT2D eigenvalue weighted by Crippen LogP contribution is -1.97. The van der Waals surface area contributed by atoms with E-state index in [1.165, 1.54) is 5.56 Å². The van der Waals surface area contributed by atoms with E-state index < -0.39 is 0 Å². The molecule has 0 radical (unpaired) electrons. The second-order valence-corrected chi connectivity index (χ2v) is 6.61. The molecule has 0 unspecified atom stereocenters. The van der Waals surface area contributed by atoms with Crippen molar-refractivity contribution in [2.75, 3.05) is 14.2 Å². The molecule has 0 spiro atoms. The highest BCUT2D eigenvalue weighted by molar-refractivity contribution is 7.98. The molecule has 0 atom stereocenters. The van der Waals surface area contributed by atoms with Crippen LogP contribution >= 0.6 is 11.8 Å². The fourth-order valence-electron chi connectivity index (χ4n) is 2.67. The van der Waals surface area contributed by atoms with Gasteiger partial charge in [0.15, 0.2) is 11.0 Å². The number of nitrogens with zero attached hydrogens (tertiary/aromatic N) is 3. The van der Waals surface area contributed by atoms with Crippen molar-refractivity contribution in [1.82, 2.24) is 14.8 Å². The number of hydrogen-bond donors (Lipinski definition) is 0. The van der Waals surface area contributed by atoms with E-state index in [1.54, 1.807) is 26.0 Å². The van der Waals surface area contributed by atoms with E-state index in [4.69, 9.17) is 9.47 Å². The largest absolute Gasteiger partial charge is 0.496 e. The van der Waals surface area contributed by atoms with E-state index >= 15 is 0 Å². The monoisotopic (exact) mass is 355 g/mol. The zero-order valence-electron chi connectivity index (χ0n) is 14.8. The van der Waals surface area contributed by atoms with Crippen molar-refractivity contribution >= 4 is 11.8 Å². The second kappa shape index (κ2) is 7.61. The summed E-state index contributed by atoms with van der Waals surface area (Å²) in [6.07, 6.45) is 0. The van der Waals surface area contributed by atoms with Crippen molar-refractivity contribution in [2.45, 2.75) is 17.8 Å². The van der Waals surface area contributed by atoms with Crippen LogP contribution in [0.3, 0.4) is 0 Å². The molecular formula is C19H21N3O2S. The number of aryl methyl sites for hydroxylation is 1. The fourth-order valence-corrected chi connectivity index (χ4v) is 3.56. The Morgan fingerprint density at radius 3 is 2.52 bits per heavy atom. The average Bonchev–Trinajstić information content (AvgIpc) is 3.00. The normalized spacial score (nSPS) is 10.7. The van der Waals surface area contributed by atoms with Crippen LogP contribution in [-0.4, -0.2) is 29.0 Å². The first kappa shape index (κ1) is 17.4. The predicted molar refractivity (Wildman–Crippen MR) is 100 cm³/mol. The van der Waals surface area contributed by atoms with Crippen LogP contribution in [0.25, 0.3) is 11.4 Å². The van der Waals surface area contributed by atoms with Crippen molar-refractivity contribution in [3.05, 3.63) is 53.6 Å². The summed E-state index contributed by atoms with van der Waals surface area (Å²) in [5.74, 6) is 3.24. The van der Waals surface area contributed by atoms with Gasteiger partial charge in [-0.25, -0.2) is 0 Å². The minimum absolute atomic E-state index is 0.767. The zero-order chi connectivity index (χ0) is 17.8. The van der Waals surface area contributed by atoms with Crippen LogP contribution in [0.4, 0.5) is 0 Å². The van der Waals surface area contributed by atoms with E-state index in [2.05, 4.69) is 29.3 Å². The van der Waals surface area contributed by atoms with Gasteiger partial charge in [0.2, 0.25) is 0 Å². The Labute approximate surface area is 152 Å². The van der Waals surface area contributed by atoms with Crippen molar-refractivity contribution in [3.63, 3.8) is 0 Å². The minimum atomic E-state index is 0.767. The fraction of sp³-hybridized carbons (Fsp3) is 0.263. The Bertz CT molecular complexity index is 877. The summed E-state index contributed by atoms with van der Waals surface area (Å²) in [7, 11) is 5.33. The van der Waals surface area contributed by atoms with Crippen LogP contribution in [0.5, 0.6) is 11.5 Å². The highest BCUT2D eigenvalue weighted by atomic mass is 32.2. The Balaban J connectivity index is 1.84. The molecule has 0 saturated heterocycles. The lowest BCUT2D eigenvalue weighted by atomic mass is 10.1. The smallest absolute Gasteiger partial charge is 0.191 e. The van der Waals surface area contributed by atoms with E-state index in [1.807, 2.05) is 41.9 Å². The van der Waals surface area contributed by atoms with Gasteiger partial charge in [-0.3, -0.25) is 0 Å². The molecule has 3 aromatic rings. The second-order valence-electron chi connectivity index (χ2n) is 5.67. The third-order valence-corrected chi connectivity index (χ3v) is 5.04. The van der Waals surface area contributed by atoms with Gasteiger partial charge in [-0.2, -0.15) is 0 Å². The summed E-state index contributed by atoms with van der Waals surface area (Å²) < 4.78 is 12.9. The SMILES string of the molecule is COc1ccc(C)cc1CSc1nnc(-c2ccccc2OC)n1C. The molecule has 0 saturated carbocycles. The maximum Gasteiger partial charge on any atom is 0.191 e. The van der Waals surface area contributed by atoms with Gasteiger partial charge >= 0.3 is 0 Å². The molecule has 0 aliphatic carbocycles. The molecule has 130 valence electrons. The van der Waals surface area contributed by atoms with Gasteiger partial charge in [-0.1, -0.05) is 41.6 Å². The lowest BCUT2D eigenvalue weighted by molar-refractivity contribution is 0.411. The minimum Gasteiger partial charge on any atom is -0.496 e. The van der Waals surface area contributed by atoms with Crippen LogP contribution in [-0.2, 0) is 12.8 Å². The molecule has 0 fully saturated rings. The van der Waals surface area contributed by atoms with Crippen LogP contribution in [0, 0.1) is 6.92 Å². The Kier molecular flexibility index (Phi) is 5.28. The van der Waals surface area contributed by atoms with Gasteiger partial charge in [-0.05, 0) is 25.1 Å². The molecule has 0 aliphatic heterocycles. The summed E-state index contributed by atoms with van der Waals surface area (Å²) in [5, 5.41) is 9.54.